The second kappa shape index (κ2) is 4.63. The van der Waals surface area contributed by atoms with Crippen molar-refractivity contribution in [3.05, 3.63) is 64.2 Å². The smallest absolute Gasteiger partial charge is 0.266 e. The van der Waals surface area contributed by atoms with E-state index in [9.17, 15) is 10.1 Å². The quantitative estimate of drug-likeness (QED) is 0.732. The summed E-state index contributed by atoms with van der Waals surface area (Å²) in [6.07, 6.45) is 1.71. The van der Waals surface area contributed by atoms with Crippen molar-refractivity contribution in [3.8, 4) is 17.2 Å². The summed E-state index contributed by atoms with van der Waals surface area (Å²) in [5.41, 5.74) is 2.68. The van der Waals surface area contributed by atoms with Crippen LogP contribution in [0.15, 0.2) is 47.4 Å². The fourth-order valence-corrected chi connectivity index (χ4v) is 2.33. The summed E-state index contributed by atoms with van der Waals surface area (Å²) in [4.78, 5) is 18.9. The molecule has 0 fully saturated rings. The number of hydrogen-bond acceptors (Lipinski definition) is 3. The number of pyridine rings is 2. The minimum absolute atomic E-state index is 0.119. The van der Waals surface area contributed by atoms with E-state index in [2.05, 4.69) is 9.97 Å². The Hall–Kier alpha value is -2.93. The lowest BCUT2D eigenvalue weighted by molar-refractivity contribution is 1.13. The minimum atomic E-state index is -0.365. The summed E-state index contributed by atoms with van der Waals surface area (Å²) in [5, 5.41) is 10.2. The maximum Gasteiger partial charge on any atom is 0.266 e. The number of nitriles is 1. The first-order valence-corrected chi connectivity index (χ1v) is 6.19. The Labute approximate surface area is 115 Å². The largest absolute Gasteiger partial charge is 0.325 e. The molecule has 3 aromatic rings. The van der Waals surface area contributed by atoms with Crippen LogP contribution in [-0.2, 0) is 0 Å². The van der Waals surface area contributed by atoms with Crippen LogP contribution in [0.3, 0.4) is 0 Å². The van der Waals surface area contributed by atoms with Gasteiger partial charge in [0.25, 0.3) is 5.56 Å². The van der Waals surface area contributed by atoms with Crippen LogP contribution in [0.4, 0.5) is 0 Å². The zero-order chi connectivity index (χ0) is 14.1. The first-order chi connectivity index (χ1) is 9.70. The molecule has 0 bridgehead atoms. The highest BCUT2D eigenvalue weighted by Gasteiger charge is 2.13. The molecule has 2 heterocycles. The van der Waals surface area contributed by atoms with Gasteiger partial charge in [-0.3, -0.25) is 9.78 Å². The number of nitrogens with one attached hydrogen (secondary N) is 1. The number of rotatable bonds is 1. The average molecular weight is 261 g/mol. The van der Waals surface area contributed by atoms with Gasteiger partial charge in [-0.1, -0.05) is 24.3 Å². The number of hydrogen-bond donors (Lipinski definition) is 1. The molecule has 3 rings (SSSR count). The van der Waals surface area contributed by atoms with Gasteiger partial charge in [0.2, 0.25) is 0 Å². The van der Waals surface area contributed by atoms with E-state index < -0.39 is 0 Å². The van der Waals surface area contributed by atoms with Crippen LogP contribution in [0.5, 0.6) is 0 Å². The number of para-hydroxylation sites is 1. The number of aryl methyl sites for hydroxylation is 1. The van der Waals surface area contributed by atoms with Gasteiger partial charge in [-0.05, 0) is 19.1 Å². The molecule has 1 aromatic carbocycles. The Balaban J connectivity index is 2.43. The van der Waals surface area contributed by atoms with Crippen LogP contribution < -0.4 is 5.56 Å². The van der Waals surface area contributed by atoms with Crippen molar-refractivity contribution in [2.45, 2.75) is 6.92 Å². The Morgan fingerprint density at radius 2 is 2.00 bits per heavy atom. The second-order valence-corrected chi connectivity index (χ2v) is 4.56. The Kier molecular flexibility index (Phi) is 2.81. The summed E-state index contributed by atoms with van der Waals surface area (Å²) in [7, 11) is 0. The van der Waals surface area contributed by atoms with E-state index in [1.807, 2.05) is 42.5 Å². The molecule has 0 radical (unpaired) electrons. The van der Waals surface area contributed by atoms with Crippen LogP contribution in [0.2, 0.25) is 0 Å². The van der Waals surface area contributed by atoms with Crippen LogP contribution in [0.25, 0.3) is 22.0 Å². The van der Waals surface area contributed by atoms with Crippen molar-refractivity contribution < 1.29 is 0 Å². The number of aromatic nitrogens is 2. The zero-order valence-electron chi connectivity index (χ0n) is 10.8. The molecular weight excluding hydrogens is 250 g/mol. The first-order valence-electron chi connectivity index (χ1n) is 6.19. The first kappa shape index (κ1) is 12.1. The molecule has 0 amide bonds. The average Bonchev–Trinajstić information content (AvgIpc) is 2.46. The van der Waals surface area contributed by atoms with Crippen molar-refractivity contribution in [1.82, 2.24) is 9.97 Å². The van der Waals surface area contributed by atoms with Crippen molar-refractivity contribution in [2.24, 2.45) is 0 Å². The van der Waals surface area contributed by atoms with Gasteiger partial charge >= 0.3 is 0 Å². The van der Waals surface area contributed by atoms with Crippen LogP contribution in [-0.4, -0.2) is 9.97 Å². The van der Waals surface area contributed by atoms with Gasteiger partial charge in [-0.15, -0.1) is 0 Å². The summed E-state index contributed by atoms with van der Waals surface area (Å²) in [6, 6.07) is 13.3. The van der Waals surface area contributed by atoms with Crippen molar-refractivity contribution in [2.75, 3.05) is 0 Å². The van der Waals surface area contributed by atoms with E-state index in [4.69, 9.17) is 0 Å². The lowest BCUT2D eigenvalue weighted by Crippen LogP contribution is -2.12. The normalized spacial score (nSPS) is 10.4. The standard InChI is InChI=1S/C16H11N3O/c1-10-8-13(14(9-17)16(20)19-10)12-6-2-4-11-5-3-7-18-15(11)12/h2-8H,1H3,(H,19,20). The third kappa shape index (κ3) is 1.86. The maximum atomic E-state index is 11.9. The maximum absolute atomic E-state index is 11.9. The van der Waals surface area contributed by atoms with Gasteiger partial charge in [-0.25, -0.2) is 0 Å². The molecule has 0 spiro atoms. The van der Waals surface area contributed by atoms with Gasteiger partial charge in [-0.2, -0.15) is 5.26 Å². The Morgan fingerprint density at radius 3 is 2.80 bits per heavy atom. The minimum Gasteiger partial charge on any atom is -0.325 e. The van der Waals surface area contributed by atoms with Gasteiger partial charge in [0.1, 0.15) is 11.6 Å². The van der Waals surface area contributed by atoms with Gasteiger partial charge in [0.15, 0.2) is 0 Å². The lowest BCUT2D eigenvalue weighted by Gasteiger charge is -2.08. The van der Waals surface area contributed by atoms with Gasteiger partial charge < -0.3 is 4.98 Å². The van der Waals surface area contributed by atoms with E-state index in [-0.39, 0.29) is 11.1 Å². The monoisotopic (exact) mass is 261 g/mol. The molecule has 4 heteroatoms. The predicted octanol–water partition coefficient (Wildman–Crippen LogP) is 2.77. The van der Waals surface area contributed by atoms with E-state index in [0.717, 1.165) is 22.2 Å². The molecule has 2 aromatic heterocycles. The molecular formula is C16H11N3O. The number of aromatic amines is 1. The van der Waals surface area contributed by atoms with Crippen molar-refractivity contribution >= 4 is 10.9 Å². The van der Waals surface area contributed by atoms with E-state index >= 15 is 0 Å². The molecule has 1 N–H and O–H groups in total. The Morgan fingerprint density at radius 1 is 1.20 bits per heavy atom. The van der Waals surface area contributed by atoms with E-state index in [1.54, 1.807) is 13.1 Å². The summed E-state index contributed by atoms with van der Waals surface area (Å²) in [5.74, 6) is 0. The number of H-pyrrole nitrogens is 1. The number of fused-ring (bicyclic) bond motifs is 1. The van der Waals surface area contributed by atoms with E-state index in [1.165, 1.54) is 0 Å². The molecule has 0 atom stereocenters. The molecule has 0 aliphatic rings. The second-order valence-electron chi connectivity index (χ2n) is 4.56. The summed E-state index contributed by atoms with van der Waals surface area (Å²) < 4.78 is 0. The molecule has 0 saturated heterocycles. The predicted molar refractivity (Wildman–Crippen MR) is 77.3 cm³/mol. The third-order valence-corrected chi connectivity index (χ3v) is 3.20. The highest BCUT2D eigenvalue weighted by atomic mass is 16.1. The molecule has 0 unspecified atom stereocenters. The third-order valence-electron chi connectivity index (χ3n) is 3.20. The topological polar surface area (TPSA) is 69.5 Å². The molecule has 0 aliphatic heterocycles. The molecule has 4 nitrogen and oxygen atoms in total. The molecule has 0 aliphatic carbocycles. The number of nitrogens with zero attached hydrogens (tertiary/aromatic N) is 2. The Bertz CT molecular complexity index is 898. The van der Waals surface area contributed by atoms with Crippen molar-refractivity contribution in [1.29, 1.82) is 5.26 Å². The van der Waals surface area contributed by atoms with E-state index in [0.29, 0.717) is 5.56 Å². The zero-order valence-corrected chi connectivity index (χ0v) is 10.8. The van der Waals surface area contributed by atoms with Crippen molar-refractivity contribution in [3.63, 3.8) is 0 Å². The fourth-order valence-electron chi connectivity index (χ4n) is 2.33. The highest BCUT2D eigenvalue weighted by molar-refractivity contribution is 5.94. The number of benzene rings is 1. The fraction of sp³-hybridized carbons (Fsp3) is 0.0625. The summed E-state index contributed by atoms with van der Waals surface area (Å²) >= 11 is 0. The SMILES string of the molecule is Cc1cc(-c2cccc3cccnc23)c(C#N)c(=O)[nH]1. The van der Waals surface area contributed by atoms with Crippen LogP contribution in [0.1, 0.15) is 11.3 Å². The molecule has 96 valence electrons. The highest BCUT2D eigenvalue weighted by Crippen LogP contribution is 2.28. The lowest BCUT2D eigenvalue weighted by atomic mass is 9.98. The molecule has 0 saturated carbocycles. The van der Waals surface area contributed by atoms with Gasteiger partial charge in [0.05, 0.1) is 5.52 Å². The van der Waals surface area contributed by atoms with Gasteiger partial charge in [0, 0.05) is 28.4 Å². The molecule has 20 heavy (non-hydrogen) atoms. The van der Waals surface area contributed by atoms with Crippen LogP contribution >= 0.6 is 0 Å². The summed E-state index contributed by atoms with van der Waals surface area (Å²) in [6.45, 7) is 1.80. The van der Waals surface area contributed by atoms with Crippen LogP contribution in [0, 0.1) is 18.3 Å².